The molecule has 0 aliphatic carbocycles. The highest BCUT2D eigenvalue weighted by Crippen LogP contribution is 2.36. The van der Waals surface area contributed by atoms with Crippen molar-refractivity contribution in [2.45, 2.75) is 32.4 Å². The van der Waals surface area contributed by atoms with Crippen LogP contribution < -0.4 is 0 Å². The Morgan fingerprint density at radius 3 is 2.35 bits per heavy atom. The van der Waals surface area contributed by atoms with E-state index < -0.39 is 11.6 Å². The molecule has 1 atom stereocenters. The molecular formula is C21H22ClNO3. The molecule has 0 bridgehead atoms. The van der Waals surface area contributed by atoms with E-state index >= 15 is 0 Å². The molecule has 26 heavy (non-hydrogen) atoms. The van der Waals surface area contributed by atoms with Crippen LogP contribution in [0.5, 0.6) is 0 Å². The Morgan fingerprint density at radius 2 is 1.73 bits per heavy atom. The Balaban J connectivity index is 1.93. The molecule has 2 aromatic carbocycles. The van der Waals surface area contributed by atoms with Gasteiger partial charge in [-0.1, -0.05) is 54.1 Å². The predicted octanol–water partition coefficient (Wildman–Crippen LogP) is 4.40. The van der Waals surface area contributed by atoms with Gasteiger partial charge < -0.3 is 9.84 Å². The molecule has 0 saturated carbocycles. The Bertz CT molecular complexity index is 828. The van der Waals surface area contributed by atoms with Gasteiger partial charge in [0.05, 0.1) is 11.1 Å². The number of hydrogen-bond acceptors (Lipinski definition) is 3. The van der Waals surface area contributed by atoms with Crippen molar-refractivity contribution in [3.05, 3.63) is 76.5 Å². The van der Waals surface area contributed by atoms with Gasteiger partial charge in [-0.2, -0.15) is 0 Å². The first-order valence-corrected chi connectivity index (χ1v) is 8.84. The van der Waals surface area contributed by atoms with Gasteiger partial charge in [-0.05, 0) is 44.0 Å². The highest BCUT2D eigenvalue weighted by Gasteiger charge is 2.42. The minimum Gasteiger partial charge on any atom is -0.477 e. The molecular weight excluding hydrogens is 350 g/mol. The third-order valence-corrected chi connectivity index (χ3v) is 5.09. The summed E-state index contributed by atoms with van der Waals surface area (Å²) in [6.45, 7) is 5.55. The van der Waals surface area contributed by atoms with Gasteiger partial charge in [-0.3, -0.25) is 9.69 Å². The molecule has 136 valence electrons. The third-order valence-electron chi connectivity index (χ3n) is 4.83. The van der Waals surface area contributed by atoms with E-state index in [-0.39, 0.29) is 12.6 Å². The molecule has 1 aliphatic rings. The van der Waals surface area contributed by atoms with Crippen molar-refractivity contribution in [3.8, 4) is 0 Å². The van der Waals surface area contributed by atoms with E-state index in [0.717, 1.165) is 5.56 Å². The molecule has 3 rings (SSSR count). The summed E-state index contributed by atoms with van der Waals surface area (Å²) < 4.78 is 5.77. The average molecular weight is 372 g/mol. The molecule has 1 aliphatic heterocycles. The number of benzene rings is 2. The Labute approximate surface area is 158 Å². The second kappa shape index (κ2) is 7.14. The van der Waals surface area contributed by atoms with Crippen LogP contribution in [-0.4, -0.2) is 28.2 Å². The predicted molar refractivity (Wildman–Crippen MR) is 102 cm³/mol. The number of amides is 1. The first-order valence-electron chi connectivity index (χ1n) is 8.47. The van der Waals surface area contributed by atoms with Crippen molar-refractivity contribution >= 4 is 23.1 Å². The quantitative estimate of drug-likeness (QED) is 0.866. The van der Waals surface area contributed by atoms with Crippen LogP contribution in [0.4, 0.5) is 0 Å². The molecule has 1 N–H and O–H groups in total. The van der Waals surface area contributed by atoms with Gasteiger partial charge in [-0.15, -0.1) is 0 Å². The van der Waals surface area contributed by atoms with Crippen molar-refractivity contribution in [2.24, 2.45) is 0 Å². The van der Waals surface area contributed by atoms with Gasteiger partial charge in [0.1, 0.15) is 11.9 Å². The molecule has 0 fully saturated rings. The molecule has 1 amide bonds. The topological polar surface area (TPSA) is 49.8 Å². The fraction of sp³-hybridized carbons (Fsp3) is 0.286. The summed E-state index contributed by atoms with van der Waals surface area (Å²) in [4.78, 5) is 14.8. The van der Waals surface area contributed by atoms with E-state index in [9.17, 15) is 9.90 Å². The number of ether oxygens (including phenoxy) is 1. The maximum atomic E-state index is 13.2. The Hall–Kier alpha value is -2.30. The number of halogens is 1. The minimum absolute atomic E-state index is 0.0959. The van der Waals surface area contributed by atoms with E-state index in [4.69, 9.17) is 16.3 Å². The van der Waals surface area contributed by atoms with Crippen LogP contribution in [0, 0.1) is 0 Å². The number of nitrogens with zero attached hydrogens (tertiary/aromatic N) is 1. The Kier molecular flexibility index (Phi) is 5.08. The van der Waals surface area contributed by atoms with Crippen LogP contribution >= 0.6 is 11.6 Å². The average Bonchev–Trinajstić information content (AvgIpc) is 2.62. The van der Waals surface area contributed by atoms with Crippen LogP contribution in [0.1, 0.15) is 38.0 Å². The molecule has 0 radical (unpaired) electrons. The molecule has 2 aromatic rings. The summed E-state index contributed by atoms with van der Waals surface area (Å²) in [6.07, 6.45) is -0.886. The van der Waals surface area contributed by atoms with E-state index in [1.54, 1.807) is 36.1 Å². The van der Waals surface area contributed by atoms with Gasteiger partial charge in [0.25, 0.3) is 5.91 Å². The molecule has 5 heteroatoms. The maximum Gasteiger partial charge on any atom is 0.261 e. The third kappa shape index (κ3) is 3.35. The lowest BCUT2D eigenvalue weighted by molar-refractivity contribution is -0.146. The summed E-state index contributed by atoms with van der Waals surface area (Å²) in [5.41, 5.74) is 1.15. The molecule has 1 heterocycles. The lowest BCUT2D eigenvalue weighted by Crippen LogP contribution is -2.54. The largest absolute Gasteiger partial charge is 0.477 e. The van der Waals surface area contributed by atoms with Crippen LogP contribution in [0.15, 0.2) is 60.4 Å². The van der Waals surface area contributed by atoms with Crippen molar-refractivity contribution in [1.82, 2.24) is 4.90 Å². The normalized spacial score (nSPS) is 16.5. The zero-order chi connectivity index (χ0) is 18.9. The number of hydrogen-bond donors (Lipinski definition) is 1. The summed E-state index contributed by atoms with van der Waals surface area (Å²) in [5.74, 6) is 0.437. The van der Waals surface area contributed by atoms with Gasteiger partial charge in [0, 0.05) is 5.02 Å². The minimum atomic E-state index is -0.886. The zero-order valence-electron chi connectivity index (χ0n) is 15.1. The van der Waals surface area contributed by atoms with E-state index in [2.05, 4.69) is 0 Å². The van der Waals surface area contributed by atoms with Crippen molar-refractivity contribution in [1.29, 1.82) is 0 Å². The molecule has 4 nitrogen and oxygen atoms in total. The number of aliphatic hydroxyl groups excluding tert-OH is 1. The van der Waals surface area contributed by atoms with Crippen LogP contribution in [-0.2, 0) is 9.53 Å². The van der Waals surface area contributed by atoms with Crippen LogP contribution in [0.2, 0.25) is 5.02 Å². The fourth-order valence-corrected chi connectivity index (χ4v) is 3.26. The van der Waals surface area contributed by atoms with Gasteiger partial charge >= 0.3 is 0 Å². The first-order chi connectivity index (χ1) is 12.3. The molecule has 0 saturated heterocycles. The van der Waals surface area contributed by atoms with Gasteiger partial charge in [0.2, 0.25) is 0 Å². The fourth-order valence-electron chi connectivity index (χ4n) is 3.14. The summed E-state index contributed by atoms with van der Waals surface area (Å²) in [5, 5.41) is 11.5. The standard InChI is InChI=1S/C21H22ClNO3/c1-14-18(15-7-5-4-6-8-15)20(25)23(13-26-14)21(2,3)19(24)16-9-11-17(22)12-10-16/h4-12,19,24H,13H2,1-3H3. The van der Waals surface area contributed by atoms with Crippen LogP contribution in [0.3, 0.4) is 0 Å². The number of allylic oxidation sites excluding steroid dienone is 1. The number of aliphatic hydroxyl groups is 1. The van der Waals surface area contributed by atoms with E-state index in [0.29, 0.717) is 21.9 Å². The number of rotatable bonds is 4. The van der Waals surface area contributed by atoms with Crippen molar-refractivity contribution in [2.75, 3.05) is 6.73 Å². The lowest BCUT2D eigenvalue weighted by atomic mass is 9.88. The summed E-state index contributed by atoms with van der Waals surface area (Å²) in [6, 6.07) is 16.4. The van der Waals surface area contributed by atoms with Gasteiger partial charge in [-0.25, -0.2) is 0 Å². The molecule has 1 unspecified atom stereocenters. The van der Waals surface area contributed by atoms with Gasteiger partial charge in [0.15, 0.2) is 6.73 Å². The van der Waals surface area contributed by atoms with E-state index in [1.165, 1.54) is 0 Å². The second-order valence-electron chi connectivity index (χ2n) is 6.91. The number of carbonyl (C=O) groups is 1. The van der Waals surface area contributed by atoms with Crippen molar-refractivity contribution < 1.29 is 14.6 Å². The second-order valence-corrected chi connectivity index (χ2v) is 7.35. The number of carbonyl (C=O) groups excluding carboxylic acids is 1. The van der Waals surface area contributed by atoms with E-state index in [1.807, 2.05) is 44.2 Å². The SMILES string of the molecule is CC1=C(c2ccccc2)C(=O)N(C(C)(C)C(O)c2ccc(Cl)cc2)CO1. The summed E-state index contributed by atoms with van der Waals surface area (Å²) in [7, 11) is 0. The van der Waals surface area contributed by atoms with Crippen LogP contribution in [0.25, 0.3) is 5.57 Å². The zero-order valence-corrected chi connectivity index (χ0v) is 15.8. The first kappa shape index (κ1) is 18.5. The summed E-state index contributed by atoms with van der Waals surface area (Å²) >= 11 is 5.93. The monoisotopic (exact) mass is 371 g/mol. The Morgan fingerprint density at radius 1 is 1.12 bits per heavy atom. The lowest BCUT2D eigenvalue weighted by Gasteiger charge is -2.44. The maximum absolute atomic E-state index is 13.2. The smallest absolute Gasteiger partial charge is 0.261 e. The van der Waals surface area contributed by atoms with Crippen molar-refractivity contribution in [3.63, 3.8) is 0 Å². The highest BCUT2D eigenvalue weighted by molar-refractivity contribution is 6.30. The molecule has 0 aromatic heterocycles. The highest BCUT2D eigenvalue weighted by atomic mass is 35.5. The molecule has 0 spiro atoms.